The van der Waals surface area contributed by atoms with E-state index < -0.39 is 12.4 Å². The van der Waals surface area contributed by atoms with Gasteiger partial charge in [0, 0.05) is 17.1 Å². The van der Waals surface area contributed by atoms with E-state index in [0.717, 1.165) is 17.1 Å². The molecule has 1 nitrogen and oxygen atoms in total. The van der Waals surface area contributed by atoms with E-state index in [0.29, 0.717) is 5.56 Å². The molecule has 1 aromatic heterocycles. The SMILES string of the molecule is F[B-](F)(F)c1ccc(-c2nccs2)cc1.[K+]. The van der Waals surface area contributed by atoms with Crippen LogP contribution in [0.5, 0.6) is 0 Å². The predicted molar refractivity (Wildman–Crippen MR) is 56.3 cm³/mol. The standard InChI is InChI=1S/C9H6BF3NS.K/c11-10(12,13)8-3-1-7(2-4-8)9-14-5-6-15-9;/h1-6H;/q-1;+1. The third kappa shape index (κ3) is 3.41. The summed E-state index contributed by atoms with van der Waals surface area (Å²) in [5, 5.41) is 2.52. The number of thiazole rings is 1. The first-order valence-corrected chi connectivity index (χ1v) is 5.15. The average Bonchev–Trinajstić information content (AvgIpc) is 2.69. The van der Waals surface area contributed by atoms with E-state index in [9.17, 15) is 12.9 Å². The summed E-state index contributed by atoms with van der Waals surface area (Å²) in [6.45, 7) is -4.90. The summed E-state index contributed by atoms with van der Waals surface area (Å²) >= 11 is 1.40. The molecule has 0 fully saturated rings. The maximum atomic E-state index is 12.3. The third-order valence-electron chi connectivity index (χ3n) is 1.97. The van der Waals surface area contributed by atoms with E-state index in [4.69, 9.17) is 0 Å². The van der Waals surface area contributed by atoms with Gasteiger partial charge in [-0.1, -0.05) is 24.3 Å². The molecule has 0 saturated heterocycles. The third-order valence-corrected chi connectivity index (χ3v) is 2.79. The fraction of sp³-hybridized carbons (Fsp3) is 0. The molecule has 0 radical (unpaired) electrons. The van der Waals surface area contributed by atoms with E-state index in [1.165, 1.54) is 23.5 Å². The van der Waals surface area contributed by atoms with Crippen LogP contribution in [-0.2, 0) is 0 Å². The minimum Gasteiger partial charge on any atom is -0.445 e. The van der Waals surface area contributed by atoms with Crippen molar-refractivity contribution in [2.75, 3.05) is 0 Å². The van der Waals surface area contributed by atoms with Crippen molar-refractivity contribution in [3.8, 4) is 10.6 Å². The minimum absolute atomic E-state index is 0. The molecule has 2 rings (SSSR count). The number of halogens is 3. The molecular formula is C9H6BF3KNS. The fourth-order valence-electron chi connectivity index (χ4n) is 1.21. The van der Waals surface area contributed by atoms with Crippen molar-refractivity contribution in [1.29, 1.82) is 0 Å². The molecule has 2 aromatic rings. The van der Waals surface area contributed by atoms with Gasteiger partial charge in [0.2, 0.25) is 0 Å². The number of benzene rings is 1. The molecule has 7 heteroatoms. The van der Waals surface area contributed by atoms with Crippen LogP contribution < -0.4 is 56.8 Å². The second kappa shape index (κ2) is 5.79. The molecule has 78 valence electrons. The average molecular weight is 267 g/mol. The van der Waals surface area contributed by atoms with Crippen molar-refractivity contribution in [2.45, 2.75) is 0 Å². The monoisotopic (exact) mass is 267 g/mol. The Morgan fingerprint density at radius 1 is 1.06 bits per heavy atom. The van der Waals surface area contributed by atoms with Crippen molar-refractivity contribution in [3.05, 3.63) is 35.8 Å². The van der Waals surface area contributed by atoms with Crippen molar-refractivity contribution in [1.82, 2.24) is 4.98 Å². The number of rotatable bonds is 2. The zero-order chi connectivity index (χ0) is 10.9. The van der Waals surface area contributed by atoms with Crippen molar-refractivity contribution in [2.24, 2.45) is 0 Å². The smallest absolute Gasteiger partial charge is 0.445 e. The molecule has 0 spiro atoms. The molecule has 16 heavy (non-hydrogen) atoms. The maximum Gasteiger partial charge on any atom is 1.00 e. The van der Waals surface area contributed by atoms with E-state index in [-0.39, 0.29) is 51.4 Å². The largest absolute Gasteiger partial charge is 1.00 e. The Balaban J connectivity index is 0.00000128. The molecule has 0 N–H and O–H groups in total. The molecule has 0 amide bonds. The maximum absolute atomic E-state index is 12.3. The second-order valence-electron chi connectivity index (χ2n) is 3.03. The Morgan fingerprint density at radius 3 is 2.12 bits per heavy atom. The van der Waals surface area contributed by atoms with Crippen LogP contribution in [0.4, 0.5) is 12.9 Å². The molecular weight excluding hydrogens is 261 g/mol. The van der Waals surface area contributed by atoms with Gasteiger partial charge in [0.15, 0.2) is 0 Å². The fourth-order valence-corrected chi connectivity index (χ4v) is 1.85. The Kier molecular flexibility index (Phi) is 5.21. The number of hydrogen-bond donors (Lipinski definition) is 0. The molecule has 0 aliphatic rings. The zero-order valence-corrected chi connectivity index (χ0v) is 12.5. The van der Waals surface area contributed by atoms with Gasteiger partial charge in [0.25, 0.3) is 0 Å². The number of aromatic nitrogens is 1. The Labute approximate surface area is 138 Å². The normalized spacial score (nSPS) is 10.9. The summed E-state index contributed by atoms with van der Waals surface area (Å²) in [4.78, 5) is 4.02. The van der Waals surface area contributed by atoms with Crippen LogP contribution in [0.1, 0.15) is 0 Å². The number of hydrogen-bond acceptors (Lipinski definition) is 2. The summed E-state index contributed by atoms with van der Waals surface area (Å²) in [5.74, 6) is 0. The molecule has 1 aromatic carbocycles. The quantitative estimate of drug-likeness (QED) is 0.691. The number of nitrogens with zero attached hydrogens (tertiary/aromatic N) is 1. The van der Waals surface area contributed by atoms with Crippen LogP contribution in [0, 0.1) is 0 Å². The van der Waals surface area contributed by atoms with Crippen molar-refractivity contribution >= 4 is 23.8 Å². The van der Waals surface area contributed by atoms with Gasteiger partial charge < -0.3 is 12.9 Å². The van der Waals surface area contributed by atoms with Gasteiger partial charge in [-0.05, 0) is 0 Å². The summed E-state index contributed by atoms with van der Waals surface area (Å²) in [6.07, 6.45) is 1.63. The molecule has 0 aliphatic carbocycles. The van der Waals surface area contributed by atoms with Gasteiger partial charge in [0.05, 0.1) is 0 Å². The van der Waals surface area contributed by atoms with Gasteiger partial charge in [-0.15, -0.1) is 16.8 Å². The van der Waals surface area contributed by atoms with Gasteiger partial charge in [0.1, 0.15) is 5.01 Å². The topological polar surface area (TPSA) is 12.9 Å². The van der Waals surface area contributed by atoms with E-state index in [1.54, 1.807) is 11.6 Å². The van der Waals surface area contributed by atoms with E-state index in [1.807, 2.05) is 0 Å². The summed E-state index contributed by atoms with van der Waals surface area (Å²) in [7, 11) is 0. The molecule has 0 atom stereocenters. The molecule has 0 bridgehead atoms. The molecule has 0 unspecified atom stereocenters. The molecule has 0 aliphatic heterocycles. The molecule has 0 saturated carbocycles. The van der Waals surface area contributed by atoms with Gasteiger partial charge in [-0.25, -0.2) is 4.98 Å². The second-order valence-corrected chi connectivity index (χ2v) is 3.93. The van der Waals surface area contributed by atoms with Crippen LogP contribution in [-0.4, -0.2) is 12.0 Å². The minimum atomic E-state index is -4.90. The first kappa shape index (κ1) is 14.4. The molecule has 1 heterocycles. The van der Waals surface area contributed by atoms with Crippen LogP contribution >= 0.6 is 11.3 Å². The summed E-state index contributed by atoms with van der Waals surface area (Å²) in [6, 6.07) is 5.08. The van der Waals surface area contributed by atoms with Gasteiger partial charge in [-0.2, -0.15) is 0 Å². The van der Waals surface area contributed by atoms with Gasteiger partial charge in [-0.3, -0.25) is 0 Å². The summed E-state index contributed by atoms with van der Waals surface area (Å²) < 4.78 is 36.9. The van der Waals surface area contributed by atoms with Crippen LogP contribution in [0.15, 0.2) is 35.8 Å². The van der Waals surface area contributed by atoms with Crippen molar-refractivity contribution in [3.63, 3.8) is 0 Å². The Bertz CT molecular complexity index is 441. The van der Waals surface area contributed by atoms with Crippen LogP contribution in [0.25, 0.3) is 10.6 Å². The zero-order valence-electron chi connectivity index (χ0n) is 8.53. The Morgan fingerprint density at radius 2 is 1.69 bits per heavy atom. The van der Waals surface area contributed by atoms with Crippen LogP contribution in [0.2, 0.25) is 0 Å². The van der Waals surface area contributed by atoms with E-state index >= 15 is 0 Å². The Hall–Kier alpha value is 0.341. The predicted octanol–water partition coefficient (Wildman–Crippen LogP) is -0.132. The van der Waals surface area contributed by atoms with Crippen molar-refractivity contribution < 1.29 is 64.3 Å². The van der Waals surface area contributed by atoms with E-state index in [2.05, 4.69) is 4.98 Å². The first-order valence-electron chi connectivity index (χ1n) is 4.27. The first-order chi connectivity index (χ1) is 7.07. The van der Waals surface area contributed by atoms with Crippen LogP contribution in [0.3, 0.4) is 0 Å². The van der Waals surface area contributed by atoms with Gasteiger partial charge >= 0.3 is 58.4 Å². The summed E-state index contributed by atoms with van der Waals surface area (Å²) in [5.41, 5.74) is 0.143.